The molecule has 140 valence electrons. The van der Waals surface area contributed by atoms with Crippen molar-refractivity contribution in [3.8, 4) is 0 Å². The fourth-order valence-electron chi connectivity index (χ4n) is 3.14. The summed E-state index contributed by atoms with van der Waals surface area (Å²) in [5.74, 6) is 3.62. The van der Waals surface area contributed by atoms with Gasteiger partial charge in [-0.2, -0.15) is 0 Å². The van der Waals surface area contributed by atoms with Crippen molar-refractivity contribution in [2.24, 2.45) is 5.92 Å². The van der Waals surface area contributed by atoms with Gasteiger partial charge in [0.05, 0.1) is 5.37 Å². The number of nitrogens with zero attached hydrogens (tertiary/aromatic N) is 1. The number of fused-ring (bicyclic) bond motifs is 1. The number of allylic oxidation sites excluding steroid dienone is 1. The van der Waals surface area contributed by atoms with E-state index in [1.165, 1.54) is 43.4 Å². The molecule has 2 rings (SSSR count). The lowest BCUT2D eigenvalue weighted by molar-refractivity contribution is 0.202. The average Bonchev–Trinajstić information content (AvgIpc) is 2.63. The van der Waals surface area contributed by atoms with Gasteiger partial charge in [-0.05, 0) is 23.3 Å². The molecule has 2 aliphatic rings. The van der Waals surface area contributed by atoms with Crippen LogP contribution in [-0.4, -0.2) is 26.9 Å². The van der Waals surface area contributed by atoms with Crippen molar-refractivity contribution >= 4 is 40.3 Å². The van der Waals surface area contributed by atoms with Crippen LogP contribution in [0.2, 0.25) is 0 Å². The van der Waals surface area contributed by atoms with Gasteiger partial charge in [0.2, 0.25) is 0 Å². The Morgan fingerprint density at radius 2 is 1.67 bits per heavy atom. The number of unbranched alkanes of at least 4 members (excludes halogenated alkanes) is 4. The van der Waals surface area contributed by atoms with Crippen LogP contribution in [0, 0.1) is 5.92 Å². The molecule has 2 unspecified atom stereocenters. The largest absolute Gasteiger partial charge is 0.326 e. The Morgan fingerprint density at radius 1 is 1.08 bits per heavy atom. The van der Waals surface area contributed by atoms with E-state index >= 15 is 0 Å². The lowest BCUT2D eigenvalue weighted by Gasteiger charge is -2.52. The molecule has 1 saturated heterocycles. The van der Waals surface area contributed by atoms with Gasteiger partial charge in [0.15, 0.2) is 0 Å². The maximum atomic E-state index is 10.9. The van der Waals surface area contributed by atoms with Crippen LogP contribution in [0.3, 0.4) is 0 Å². The molecule has 0 bridgehead atoms. The third-order valence-corrected chi connectivity index (χ3v) is 6.05. The molecular weight excluding hydrogens is 429 g/mol. The Hall–Kier alpha value is 0.0700. The first-order valence-electron chi connectivity index (χ1n) is 9.40. The molecule has 0 N–H and O–H groups in total. The van der Waals surface area contributed by atoms with E-state index in [2.05, 4.69) is 68.1 Å². The van der Waals surface area contributed by atoms with Gasteiger partial charge >= 0.3 is 0 Å². The molecule has 4 heteroatoms. The van der Waals surface area contributed by atoms with Gasteiger partial charge < -0.3 is 4.90 Å². The normalized spacial score (nSPS) is 21.6. The van der Waals surface area contributed by atoms with Gasteiger partial charge in [-0.25, -0.2) is 4.79 Å². The van der Waals surface area contributed by atoms with Crippen molar-refractivity contribution in [3.63, 3.8) is 0 Å². The van der Waals surface area contributed by atoms with Crippen molar-refractivity contribution in [2.75, 3.05) is 10.7 Å². The maximum Gasteiger partial charge on any atom is 0.146 e. The third-order valence-electron chi connectivity index (χ3n) is 4.57. The van der Waals surface area contributed by atoms with Gasteiger partial charge in [0.25, 0.3) is 0 Å². The Labute approximate surface area is 168 Å². The average molecular weight is 465 g/mol. The molecule has 0 spiro atoms. The number of rotatable bonds is 6. The fraction of sp³-hybridized carbons (Fsp3) is 0.800. The van der Waals surface area contributed by atoms with E-state index in [9.17, 15) is 4.79 Å². The van der Waals surface area contributed by atoms with Crippen LogP contribution in [0.15, 0.2) is 17.0 Å². The molecule has 2 aliphatic heterocycles. The number of carbonyl (C=O) groups excluding carboxylic acids is 1. The number of hydrogen-bond donors (Lipinski definition) is 0. The smallest absolute Gasteiger partial charge is 0.146 e. The van der Waals surface area contributed by atoms with Crippen LogP contribution in [-0.2, 0) is 4.79 Å². The van der Waals surface area contributed by atoms with Crippen molar-refractivity contribution in [2.45, 2.75) is 84.9 Å². The molecule has 0 aromatic rings. The maximum absolute atomic E-state index is 10.9. The Balaban J connectivity index is 0.000000501. The van der Waals surface area contributed by atoms with Crippen molar-refractivity contribution in [1.82, 2.24) is 4.90 Å². The van der Waals surface area contributed by atoms with Gasteiger partial charge in [-0.15, -0.1) is 11.8 Å². The molecule has 2 atom stereocenters. The highest BCUT2D eigenvalue weighted by molar-refractivity contribution is 14.1. The highest BCUT2D eigenvalue weighted by atomic mass is 127. The first kappa shape index (κ1) is 24.1. The molecule has 0 aromatic heterocycles. The molecule has 0 radical (unpaired) electrons. The summed E-state index contributed by atoms with van der Waals surface area (Å²) < 4.78 is 0. The highest BCUT2D eigenvalue weighted by Gasteiger charge is 2.45. The van der Waals surface area contributed by atoms with Crippen LogP contribution in [0.4, 0.5) is 0 Å². The molecule has 0 aromatic carbocycles. The fourth-order valence-corrected chi connectivity index (χ4v) is 4.69. The molecule has 0 aliphatic carbocycles. The zero-order valence-corrected chi connectivity index (χ0v) is 19.4. The molecule has 2 heterocycles. The predicted molar refractivity (Wildman–Crippen MR) is 118 cm³/mol. The topological polar surface area (TPSA) is 20.3 Å². The molecule has 0 saturated carbocycles. The number of alkyl halides is 1. The van der Waals surface area contributed by atoms with Gasteiger partial charge in [-0.3, -0.25) is 0 Å². The van der Waals surface area contributed by atoms with Gasteiger partial charge in [0, 0.05) is 17.4 Å². The minimum absolute atomic E-state index is 0.382. The molecular formula is C20H36INOS. The van der Waals surface area contributed by atoms with Crippen molar-refractivity contribution in [1.29, 1.82) is 0 Å². The summed E-state index contributed by atoms with van der Waals surface area (Å²) in [7, 11) is 0. The van der Waals surface area contributed by atoms with Crippen LogP contribution >= 0.6 is 34.4 Å². The summed E-state index contributed by atoms with van der Waals surface area (Å²) in [4.78, 5) is 15.1. The second-order valence-corrected chi connectivity index (χ2v) is 7.27. The van der Waals surface area contributed by atoms with E-state index in [-0.39, 0.29) is 0 Å². The highest BCUT2D eigenvalue weighted by Crippen LogP contribution is 2.49. The first-order valence-corrected chi connectivity index (χ1v) is 12.6. The predicted octanol–water partition coefficient (Wildman–Crippen LogP) is 6.83. The Morgan fingerprint density at radius 3 is 2.08 bits per heavy atom. The summed E-state index contributed by atoms with van der Waals surface area (Å²) in [5.41, 5.74) is 3.73. The Kier molecular flexibility index (Phi) is 14.3. The van der Waals surface area contributed by atoms with E-state index in [0.29, 0.717) is 11.3 Å². The summed E-state index contributed by atoms with van der Waals surface area (Å²) in [6, 6.07) is 0. The van der Waals surface area contributed by atoms with Gasteiger partial charge in [-0.1, -0.05) is 89.3 Å². The van der Waals surface area contributed by atoms with E-state index in [0.717, 1.165) is 24.3 Å². The van der Waals surface area contributed by atoms with Gasteiger partial charge in [0.1, 0.15) is 11.6 Å². The second-order valence-electron chi connectivity index (χ2n) is 6.17. The van der Waals surface area contributed by atoms with Crippen molar-refractivity contribution < 1.29 is 4.79 Å². The Bertz CT molecular complexity index is 425. The summed E-state index contributed by atoms with van der Waals surface area (Å²) >= 11 is 4.11. The van der Waals surface area contributed by atoms with Crippen LogP contribution < -0.4 is 0 Å². The SMILES string of the molecule is CCC1=C(CC)N2C(=C=O)C(C)C2SC1.CCCCCCC.CI. The van der Waals surface area contributed by atoms with E-state index in [4.69, 9.17) is 0 Å². The number of thioether (sulfide) groups is 1. The zero-order valence-electron chi connectivity index (χ0n) is 16.5. The lowest BCUT2D eigenvalue weighted by atomic mass is 9.93. The van der Waals surface area contributed by atoms with E-state index in [1.807, 2.05) is 16.7 Å². The molecule has 1 fully saturated rings. The van der Waals surface area contributed by atoms with Crippen LogP contribution in [0.1, 0.15) is 79.6 Å². The van der Waals surface area contributed by atoms with Crippen molar-refractivity contribution in [3.05, 3.63) is 17.0 Å². The quantitative estimate of drug-likeness (QED) is 0.186. The van der Waals surface area contributed by atoms with E-state index < -0.39 is 0 Å². The second kappa shape index (κ2) is 14.3. The molecule has 0 amide bonds. The van der Waals surface area contributed by atoms with Crippen LogP contribution in [0.25, 0.3) is 0 Å². The first-order chi connectivity index (χ1) is 11.7. The third kappa shape index (κ3) is 6.42. The number of halogens is 1. The summed E-state index contributed by atoms with van der Waals surface area (Å²) in [5, 5.41) is 0.492. The molecule has 2 nitrogen and oxygen atoms in total. The van der Waals surface area contributed by atoms with Crippen LogP contribution in [0.5, 0.6) is 0 Å². The lowest BCUT2D eigenvalue weighted by Crippen LogP contribution is -2.52. The zero-order chi connectivity index (χ0) is 18.5. The monoisotopic (exact) mass is 465 g/mol. The van der Waals surface area contributed by atoms with E-state index in [1.54, 1.807) is 0 Å². The summed E-state index contributed by atoms with van der Waals surface area (Å²) in [6.07, 6.45) is 9.13. The minimum Gasteiger partial charge on any atom is -0.326 e. The molecule has 24 heavy (non-hydrogen) atoms. The standard InChI is InChI=1S/C12H17NOS.C7H16.CH3I/c1-4-9-7-15-12-8(3)11(6-14)13(12)10(9)5-2;1-3-5-7-6-4-2;1-2/h8,12H,4-5,7H2,1-3H3;3-7H2,1-2H3;1H3. The number of hydrogen-bond acceptors (Lipinski definition) is 3. The minimum atomic E-state index is 0.382. The summed E-state index contributed by atoms with van der Waals surface area (Å²) in [6.45, 7) is 11.0.